The van der Waals surface area contributed by atoms with E-state index in [0.717, 1.165) is 57.2 Å². The molecule has 1 aliphatic heterocycles. The van der Waals surface area contributed by atoms with Crippen molar-refractivity contribution >= 4 is 34.9 Å². The molecule has 0 spiro atoms. The summed E-state index contributed by atoms with van der Waals surface area (Å²) in [5.41, 5.74) is 1.04. The topological polar surface area (TPSA) is 56.8 Å². The van der Waals surface area contributed by atoms with Crippen molar-refractivity contribution in [3.05, 3.63) is 28.2 Å². The van der Waals surface area contributed by atoms with Crippen LogP contribution in [0.15, 0.2) is 18.2 Å². The summed E-state index contributed by atoms with van der Waals surface area (Å²) in [6, 6.07) is 6.07. The summed E-state index contributed by atoms with van der Waals surface area (Å²) in [5.74, 6) is 0.764. The van der Waals surface area contributed by atoms with Gasteiger partial charge in [-0.05, 0) is 56.7 Å². The molecule has 6 nitrogen and oxygen atoms in total. The van der Waals surface area contributed by atoms with E-state index in [1.807, 2.05) is 18.2 Å². The number of piperazine rings is 1. The normalized spacial score (nSPS) is 22.7. The van der Waals surface area contributed by atoms with Crippen LogP contribution in [-0.4, -0.2) is 70.0 Å². The average Bonchev–Trinajstić information content (AvgIpc) is 2.76. The molecule has 1 aromatic rings. The van der Waals surface area contributed by atoms with Gasteiger partial charge in [-0.25, -0.2) is 4.79 Å². The Kier molecular flexibility index (Phi) is 9.37. The molecule has 1 saturated heterocycles. The van der Waals surface area contributed by atoms with Gasteiger partial charge in [-0.2, -0.15) is 0 Å². The molecule has 8 heteroatoms. The van der Waals surface area contributed by atoms with Crippen molar-refractivity contribution in [1.82, 2.24) is 15.5 Å². The van der Waals surface area contributed by atoms with Crippen molar-refractivity contribution in [2.75, 3.05) is 57.9 Å². The molecule has 1 aromatic carbocycles. The number of methoxy groups -OCH3 is 1. The molecule has 1 aliphatic carbocycles. The van der Waals surface area contributed by atoms with E-state index >= 15 is 0 Å². The molecule has 2 aliphatic rings. The molecule has 0 atom stereocenters. The van der Waals surface area contributed by atoms with Crippen molar-refractivity contribution in [3.8, 4) is 0 Å². The van der Waals surface area contributed by atoms with E-state index in [1.54, 1.807) is 7.11 Å². The fourth-order valence-corrected chi connectivity index (χ4v) is 4.83. The van der Waals surface area contributed by atoms with E-state index in [-0.39, 0.29) is 6.03 Å². The molecular weight excluding hydrogens is 423 g/mol. The number of carbonyl (C=O) groups is 1. The number of halogens is 2. The van der Waals surface area contributed by atoms with Gasteiger partial charge < -0.3 is 20.3 Å². The maximum absolute atomic E-state index is 11.9. The van der Waals surface area contributed by atoms with Crippen LogP contribution in [-0.2, 0) is 4.74 Å². The molecule has 0 radical (unpaired) electrons. The summed E-state index contributed by atoms with van der Waals surface area (Å²) in [6.45, 7) is 6.32. The Labute approximate surface area is 190 Å². The van der Waals surface area contributed by atoms with Crippen LogP contribution < -0.4 is 15.5 Å². The lowest BCUT2D eigenvalue weighted by Gasteiger charge is -2.37. The highest BCUT2D eigenvalue weighted by Gasteiger charge is 2.24. The first-order chi connectivity index (χ1) is 14.6. The van der Waals surface area contributed by atoms with Crippen molar-refractivity contribution in [2.45, 2.75) is 38.1 Å². The smallest absolute Gasteiger partial charge is 0.315 e. The molecule has 1 saturated carbocycles. The van der Waals surface area contributed by atoms with E-state index in [9.17, 15) is 4.79 Å². The SMILES string of the molecule is COCCNC(=O)NC1CCC(CCN2CCN(c3cccc(Cl)c3Cl)CC2)CC1. The number of benzene rings is 1. The molecule has 2 amide bonds. The Morgan fingerprint density at radius 3 is 2.57 bits per heavy atom. The molecule has 0 bridgehead atoms. The number of nitrogens with one attached hydrogen (secondary N) is 2. The predicted molar refractivity (Wildman–Crippen MR) is 124 cm³/mol. The Balaban J connectivity index is 1.31. The number of amides is 2. The second-order valence-corrected chi connectivity index (χ2v) is 9.09. The van der Waals surface area contributed by atoms with E-state index in [0.29, 0.717) is 29.2 Å². The van der Waals surface area contributed by atoms with Gasteiger partial charge in [0.05, 0.1) is 22.3 Å². The molecule has 0 unspecified atom stereocenters. The second-order valence-electron chi connectivity index (χ2n) is 8.30. The number of ether oxygens (including phenoxy) is 1. The molecule has 1 heterocycles. The van der Waals surface area contributed by atoms with Crippen molar-refractivity contribution in [3.63, 3.8) is 0 Å². The highest BCUT2D eigenvalue weighted by Crippen LogP contribution is 2.33. The van der Waals surface area contributed by atoms with Gasteiger partial charge in [-0.1, -0.05) is 29.3 Å². The molecule has 30 heavy (non-hydrogen) atoms. The number of nitrogens with zero attached hydrogens (tertiary/aromatic N) is 2. The first-order valence-corrected chi connectivity index (χ1v) is 11.8. The quantitative estimate of drug-likeness (QED) is 0.580. The molecule has 2 fully saturated rings. The highest BCUT2D eigenvalue weighted by molar-refractivity contribution is 6.43. The zero-order valence-corrected chi connectivity index (χ0v) is 19.4. The number of hydrogen-bond donors (Lipinski definition) is 2. The van der Waals surface area contributed by atoms with E-state index in [2.05, 4.69) is 20.4 Å². The number of carbonyl (C=O) groups excluding carboxylic acids is 1. The summed E-state index contributed by atoms with van der Waals surface area (Å²) in [4.78, 5) is 16.8. The van der Waals surface area contributed by atoms with Gasteiger partial charge in [-0.3, -0.25) is 4.90 Å². The zero-order valence-electron chi connectivity index (χ0n) is 17.8. The average molecular weight is 457 g/mol. The third-order valence-electron chi connectivity index (χ3n) is 6.27. The van der Waals surface area contributed by atoms with Crippen LogP contribution >= 0.6 is 23.2 Å². The van der Waals surface area contributed by atoms with E-state index in [1.165, 1.54) is 19.3 Å². The van der Waals surface area contributed by atoms with Crippen molar-refractivity contribution in [2.24, 2.45) is 5.92 Å². The number of rotatable bonds is 8. The minimum atomic E-state index is -0.0758. The van der Waals surface area contributed by atoms with Gasteiger partial charge in [0.15, 0.2) is 0 Å². The van der Waals surface area contributed by atoms with Gasteiger partial charge in [-0.15, -0.1) is 0 Å². The van der Waals surface area contributed by atoms with Crippen LogP contribution in [0.4, 0.5) is 10.5 Å². The second kappa shape index (κ2) is 12.0. The summed E-state index contributed by atoms with van der Waals surface area (Å²) in [5, 5.41) is 7.20. The lowest BCUT2D eigenvalue weighted by atomic mass is 9.84. The molecule has 2 N–H and O–H groups in total. The van der Waals surface area contributed by atoms with E-state index in [4.69, 9.17) is 27.9 Å². The monoisotopic (exact) mass is 456 g/mol. The first-order valence-electron chi connectivity index (χ1n) is 11.0. The zero-order chi connectivity index (χ0) is 21.3. The minimum Gasteiger partial charge on any atom is -0.383 e. The van der Waals surface area contributed by atoms with E-state index < -0.39 is 0 Å². The molecule has 0 aromatic heterocycles. The summed E-state index contributed by atoms with van der Waals surface area (Å²) < 4.78 is 4.95. The fourth-order valence-electron chi connectivity index (χ4n) is 4.41. The molecular formula is C22H34Cl2N4O2. The lowest BCUT2D eigenvalue weighted by molar-refractivity contribution is 0.191. The fraction of sp³-hybridized carbons (Fsp3) is 0.682. The Morgan fingerprint density at radius 2 is 1.87 bits per heavy atom. The summed E-state index contributed by atoms with van der Waals surface area (Å²) in [6.07, 6.45) is 5.78. The molecule has 3 rings (SSSR count). The largest absolute Gasteiger partial charge is 0.383 e. The predicted octanol–water partition coefficient (Wildman–Crippen LogP) is 4.01. The minimum absolute atomic E-state index is 0.0758. The number of anilines is 1. The van der Waals surface area contributed by atoms with Crippen LogP contribution in [0.1, 0.15) is 32.1 Å². The highest BCUT2D eigenvalue weighted by atomic mass is 35.5. The first kappa shape index (κ1) is 23.5. The van der Waals surface area contributed by atoms with Gasteiger partial charge in [0.1, 0.15) is 0 Å². The lowest BCUT2D eigenvalue weighted by Crippen LogP contribution is -2.47. The number of hydrogen-bond acceptors (Lipinski definition) is 4. The third kappa shape index (κ3) is 6.91. The summed E-state index contributed by atoms with van der Waals surface area (Å²) >= 11 is 12.5. The van der Waals surface area contributed by atoms with Gasteiger partial charge in [0.25, 0.3) is 0 Å². The van der Waals surface area contributed by atoms with Crippen LogP contribution in [0.25, 0.3) is 0 Å². The maximum Gasteiger partial charge on any atom is 0.315 e. The summed E-state index contributed by atoms with van der Waals surface area (Å²) in [7, 11) is 1.63. The Hall–Kier alpha value is -1.21. The van der Waals surface area contributed by atoms with Gasteiger partial charge in [0, 0.05) is 45.9 Å². The Morgan fingerprint density at radius 1 is 1.13 bits per heavy atom. The third-order valence-corrected chi connectivity index (χ3v) is 7.08. The molecule has 168 valence electrons. The van der Waals surface area contributed by atoms with Gasteiger partial charge >= 0.3 is 6.03 Å². The van der Waals surface area contributed by atoms with Crippen molar-refractivity contribution < 1.29 is 9.53 Å². The number of urea groups is 1. The van der Waals surface area contributed by atoms with Crippen molar-refractivity contribution in [1.29, 1.82) is 0 Å². The van der Waals surface area contributed by atoms with Crippen LogP contribution in [0.5, 0.6) is 0 Å². The van der Waals surface area contributed by atoms with Crippen LogP contribution in [0, 0.1) is 5.92 Å². The van der Waals surface area contributed by atoms with Crippen LogP contribution in [0.3, 0.4) is 0 Å². The maximum atomic E-state index is 11.9. The van der Waals surface area contributed by atoms with Gasteiger partial charge in [0.2, 0.25) is 0 Å². The standard InChI is InChI=1S/C22H34Cl2N4O2/c1-30-16-10-25-22(29)26-18-7-5-17(6-8-18)9-11-27-12-14-28(15-13-27)20-4-2-3-19(23)21(20)24/h2-4,17-18H,5-16H2,1H3,(H2,25,26,29). The van der Waals surface area contributed by atoms with Crippen LogP contribution in [0.2, 0.25) is 10.0 Å². The Bertz CT molecular complexity index is 675.